The van der Waals surface area contributed by atoms with Crippen LogP contribution in [-0.2, 0) is 16.0 Å². The number of hydrogen-bond acceptors (Lipinski definition) is 5. The molecule has 0 saturated carbocycles. The largest absolute Gasteiger partial charge is 0.426 e. The summed E-state index contributed by atoms with van der Waals surface area (Å²) in [5, 5.41) is 10.9. The van der Waals surface area contributed by atoms with Crippen molar-refractivity contribution in [1.29, 1.82) is 0 Å². The number of esters is 1. The van der Waals surface area contributed by atoms with Crippen LogP contribution in [-0.4, -0.2) is 34.8 Å². The molecule has 0 aromatic heterocycles. The Hall–Kier alpha value is -3.22. The van der Waals surface area contributed by atoms with Gasteiger partial charge >= 0.3 is 5.97 Å². The van der Waals surface area contributed by atoms with Crippen LogP contribution >= 0.6 is 0 Å². The second-order valence-electron chi connectivity index (χ2n) is 6.97. The summed E-state index contributed by atoms with van der Waals surface area (Å²) in [6.07, 6.45) is 1.70. The quantitative estimate of drug-likeness (QED) is 0.343. The zero-order valence-electron chi connectivity index (χ0n) is 15.7. The summed E-state index contributed by atoms with van der Waals surface area (Å²) in [6, 6.07) is 13.7. The third kappa shape index (κ3) is 4.73. The number of likely N-dealkylation sites (tertiary alicyclic amines) is 1. The topological polar surface area (TPSA) is 89.8 Å². The molecule has 7 heteroatoms. The van der Waals surface area contributed by atoms with Gasteiger partial charge in [0, 0.05) is 24.7 Å². The Bertz CT molecular complexity index is 882. The second-order valence-corrected chi connectivity index (χ2v) is 6.97. The number of benzene rings is 2. The lowest BCUT2D eigenvalue weighted by molar-refractivity contribution is -0.385. The van der Waals surface area contributed by atoms with Gasteiger partial charge in [0.05, 0.1) is 17.3 Å². The smallest absolute Gasteiger partial charge is 0.316 e. The molecule has 2 aromatic rings. The number of hydrogen-bond donors (Lipinski definition) is 0. The van der Waals surface area contributed by atoms with E-state index < -0.39 is 16.8 Å². The highest BCUT2D eigenvalue weighted by Gasteiger charge is 2.30. The molecule has 0 N–H and O–H groups in total. The van der Waals surface area contributed by atoms with Crippen LogP contribution in [0.3, 0.4) is 0 Å². The molecule has 3 rings (SSSR count). The summed E-state index contributed by atoms with van der Waals surface area (Å²) >= 11 is 0. The number of nitrogens with zero attached hydrogens (tertiary/aromatic N) is 2. The average Bonchev–Trinajstić information content (AvgIpc) is 2.68. The van der Waals surface area contributed by atoms with Gasteiger partial charge in [0.15, 0.2) is 0 Å². The fraction of sp³-hybridized carbons (Fsp3) is 0.333. The van der Waals surface area contributed by atoms with Crippen molar-refractivity contribution in [1.82, 2.24) is 4.90 Å². The standard InChI is InChI=1S/C21H22N2O5/c1-15-12-18(9-10-19(15)23(26)27)28-21(25)17-8-5-11-22(14-17)20(24)13-16-6-3-2-4-7-16/h2-4,6-7,9-10,12,17H,5,8,11,13-14H2,1H3. The minimum absolute atomic E-state index is 0.00474. The van der Waals surface area contributed by atoms with Gasteiger partial charge in [-0.2, -0.15) is 0 Å². The van der Waals surface area contributed by atoms with Gasteiger partial charge < -0.3 is 9.64 Å². The molecule has 146 valence electrons. The molecule has 1 atom stereocenters. The summed E-state index contributed by atoms with van der Waals surface area (Å²) in [7, 11) is 0. The van der Waals surface area contributed by atoms with Gasteiger partial charge in [-0.25, -0.2) is 0 Å². The maximum atomic E-state index is 12.5. The number of rotatable bonds is 5. The van der Waals surface area contributed by atoms with E-state index in [4.69, 9.17) is 4.74 Å². The van der Waals surface area contributed by atoms with E-state index in [9.17, 15) is 19.7 Å². The molecular weight excluding hydrogens is 360 g/mol. The Morgan fingerprint density at radius 1 is 1.21 bits per heavy atom. The van der Waals surface area contributed by atoms with Gasteiger partial charge in [-0.3, -0.25) is 19.7 Å². The van der Waals surface area contributed by atoms with Crippen molar-refractivity contribution in [3.8, 4) is 5.75 Å². The van der Waals surface area contributed by atoms with E-state index in [0.29, 0.717) is 31.5 Å². The predicted molar refractivity (Wildman–Crippen MR) is 103 cm³/mol. The van der Waals surface area contributed by atoms with Gasteiger partial charge in [0.1, 0.15) is 5.75 Å². The third-order valence-corrected chi connectivity index (χ3v) is 4.89. The molecule has 1 unspecified atom stereocenters. The number of piperidine rings is 1. The van der Waals surface area contributed by atoms with E-state index >= 15 is 0 Å². The first-order valence-corrected chi connectivity index (χ1v) is 9.22. The zero-order chi connectivity index (χ0) is 20.1. The number of carbonyl (C=O) groups is 2. The molecule has 1 amide bonds. The van der Waals surface area contributed by atoms with Crippen molar-refractivity contribution in [3.05, 3.63) is 69.8 Å². The predicted octanol–water partition coefficient (Wildman–Crippen LogP) is 3.29. The maximum absolute atomic E-state index is 12.5. The molecule has 1 aliphatic heterocycles. The fourth-order valence-electron chi connectivity index (χ4n) is 3.37. The molecule has 0 aliphatic carbocycles. The Morgan fingerprint density at radius 3 is 2.64 bits per heavy atom. The van der Waals surface area contributed by atoms with Crippen LogP contribution in [0.25, 0.3) is 0 Å². The number of carbonyl (C=O) groups excluding carboxylic acids is 2. The van der Waals surface area contributed by atoms with E-state index in [-0.39, 0.29) is 17.3 Å². The van der Waals surface area contributed by atoms with E-state index in [1.54, 1.807) is 11.8 Å². The highest BCUT2D eigenvalue weighted by Crippen LogP contribution is 2.25. The molecule has 1 aliphatic rings. The van der Waals surface area contributed by atoms with Crippen molar-refractivity contribution in [2.75, 3.05) is 13.1 Å². The monoisotopic (exact) mass is 382 g/mol. The Morgan fingerprint density at radius 2 is 1.96 bits per heavy atom. The Kier molecular flexibility index (Phi) is 6.03. The van der Waals surface area contributed by atoms with Gasteiger partial charge in [-0.15, -0.1) is 0 Å². The number of ether oxygens (including phenoxy) is 1. The van der Waals surface area contributed by atoms with Gasteiger partial charge in [-0.05, 0) is 37.5 Å². The molecule has 28 heavy (non-hydrogen) atoms. The van der Waals surface area contributed by atoms with Crippen molar-refractivity contribution in [2.45, 2.75) is 26.2 Å². The molecule has 0 bridgehead atoms. The van der Waals surface area contributed by atoms with Crippen LogP contribution in [0.15, 0.2) is 48.5 Å². The first kappa shape index (κ1) is 19.5. The molecular formula is C21H22N2O5. The van der Waals surface area contributed by atoms with Crippen molar-refractivity contribution in [2.24, 2.45) is 5.92 Å². The van der Waals surface area contributed by atoms with E-state index in [0.717, 1.165) is 12.0 Å². The summed E-state index contributed by atoms with van der Waals surface area (Å²) in [6.45, 7) is 2.56. The minimum Gasteiger partial charge on any atom is -0.426 e. The molecule has 2 aromatic carbocycles. The van der Waals surface area contributed by atoms with Crippen molar-refractivity contribution >= 4 is 17.6 Å². The van der Waals surface area contributed by atoms with Gasteiger partial charge in [0.2, 0.25) is 5.91 Å². The molecule has 7 nitrogen and oxygen atoms in total. The minimum atomic E-state index is -0.474. The lowest BCUT2D eigenvalue weighted by atomic mass is 9.97. The number of nitro groups is 1. The van der Waals surface area contributed by atoms with Crippen LogP contribution in [0.2, 0.25) is 0 Å². The van der Waals surface area contributed by atoms with Crippen molar-refractivity contribution in [3.63, 3.8) is 0 Å². The highest BCUT2D eigenvalue weighted by atomic mass is 16.6. The molecule has 0 spiro atoms. The molecule has 1 fully saturated rings. The van der Waals surface area contributed by atoms with Crippen molar-refractivity contribution < 1.29 is 19.2 Å². The number of amides is 1. The number of nitro benzene ring substituents is 1. The fourth-order valence-corrected chi connectivity index (χ4v) is 3.37. The summed E-state index contributed by atoms with van der Waals surface area (Å²) in [5.74, 6) is -0.537. The van der Waals surface area contributed by atoms with Crippen LogP contribution < -0.4 is 4.74 Å². The molecule has 1 saturated heterocycles. The van der Waals surface area contributed by atoms with Crippen LogP contribution in [0, 0.1) is 23.0 Å². The SMILES string of the molecule is Cc1cc(OC(=O)C2CCCN(C(=O)Cc3ccccc3)C2)ccc1[N+](=O)[O-]. The Balaban J connectivity index is 1.60. The van der Waals surface area contributed by atoms with E-state index in [1.807, 2.05) is 30.3 Å². The van der Waals surface area contributed by atoms with Gasteiger partial charge in [-0.1, -0.05) is 30.3 Å². The lowest BCUT2D eigenvalue weighted by Crippen LogP contribution is -2.44. The second kappa shape index (κ2) is 8.65. The van der Waals surface area contributed by atoms with Gasteiger partial charge in [0.25, 0.3) is 5.69 Å². The van der Waals surface area contributed by atoms with E-state index in [2.05, 4.69) is 0 Å². The first-order chi connectivity index (χ1) is 13.4. The normalized spacial score (nSPS) is 16.5. The lowest BCUT2D eigenvalue weighted by Gasteiger charge is -2.31. The molecule has 1 heterocycles. The van der Waals surface area contributed by atoms with Crippen LogP contribution in [0.1, 0.15) is 24.0 Å². The highest BCUT2D eigenvalue weighted by molar-refractivity contribution is 5.81. The average molecular weight is 382 g/mol. The van der Waals surface area contributed by atoms with E-state index in [1.165, 1.54) is 18.2 Å². The Labute approximate surface area is 163 Å². The summed E-state index contributed by atoms with van der Waals surface area (Å²) in [4.78, 5) is 37.2. The number of aryl methyl sites for hydroxylation is 1. The maximum Gasteiger partial charge on any atom is 0.316 e. The summed E-state index contributed by atoms with van der Waals surface area (Å²) in [5.41, 5.74) is 1.35. The first-order valence-electron chi connectivity index (χ1n) is 9.22. The molecule has 0 radical (unpaired) electrons. The van der Waals surface area contributed by atoms with Crippen LogP contribution in [0.5, 0.6) is 5.75 Å². The summed E-state index contributed by atoms with van der Waals surface area (Å²) < 4.78 is 5.42. The third-order valence-electron chi connectivity index (χ3n) is 4.89. The van der Waals surface area contributed by atoms with Crippen LogP contribution in [0.4, 0.5) is 5.69 Å². The zero-order valence-corrected chi connectivity index (χ0v) is 15.7.